The van der Waals surface area contributed by atoms with Gasteiger partial charge in [0.05, 0.1) is 12.2 Å². The Morgan fingerprint density at radius 2 is 1.73 bits per heavy atom. The van der Waals surface area contributed by atoms with Crippen molar-refractivity contribution in [2.45, 2.75) is 24.4 Å². The fraction of sp³-hybridized carbons (Fsp3) is 0.333. The van der Waals surface area contributed by atoms with Gasteiger partial charge in [-0.25, -0.2) is 0 Å². The van der Waals surface area contributed by atoms with Crippen molar-refractivity contribution in [3.8, 4) is 5.75 Å². The predicted octanol–water partition coefficient (Wildman–Crippen LogP) is 4.25. The Balaban J connectivity index is 1.41. The number of benzene rings is 2. The second-order valence-electron chi connectivity index (χ2n) is 7.53. The van der Waals surface area contributed by atoms with Gasteiger partial charge in [-0.15, -0.1) is 0 Å². The molecule has 2 aliphatic heterocycles. The van der Waals surface area contributed by atoms with Crippen LogP contribution in [-0.2, 0) is 21.2 Å². The van der Waals surface area contributed by atoms with E-state index in [4.69, 9.17) is 16.3 Å². The molecule has 1 saturated heterocycles. The fourth-order valence-electron chi connectivity index (χ4n) is 3.96. The Morgan fingerprint density at radius 3 is 2.37 bits per heavy atom. The number of alkyl halides is 3. The summed E-state index contributed by atoms with van der Waals surface area (Å²) in [6.45, 7) is 0.899. The van der Waals surface area contributed by atoms with Crippen LogP contribution in [0.4, 0.5) is 18.9 Å². The third-order valence-corrected chi connectivity index (χ3v) is 5.94. The largest absolute Gasteiger partial charge is 0.492 e. The molecule has 0 atom stereocenters. The number of carbonyl (C=O) groups is 2. The maximum absolute atomic E-state index is 12.9. The van der Waals surface area contributed by atoms with Gasteiger partial charge in [0.1, 0.15) is 5.75 Å². The molecule has 9 heteroatoms. The fourth-order valence-corrected chi connectivity index (χ4v) is 4.09. The van der Waals surface area contributed by atoms with Crippen molar-refractivity contribution in [1.82, 2.24) is 4.90 Å². The van der Waals surface area contributed by atoms with Crippen LogP contribution < -0.4 is 10.1 Å². The Kier molecular flexibility index (Phi) is 5.13. The maximum atomic E-state index is 12.9. The summed E-state index contributed by atoms with van der Waals surface area (Å²) in [6.07, 6.45) is -3.42. The van der Waals surface area contributed by atoms with Gasteiger partial charge in [-0.05, 0) is 49.2 Å². The first kappa shape index (κ1) is 20.5. The lowest BCUT2D eigenvalue weighted by molar-refractivity contribution is -0.144. The number of hydrogen-bond donors (Lipinski definition) is 1. The van der Waals surface area contributed by atoms with E-state index < -0.39 is 29.0 Å². The summed E-state index contributed by atoms with van der Waals surface area (Å²) in [6, 6.07) is 9.97. The first-order chi connectivity index (χ1) is 14.2. The molecule has 1 spiro atoms. The molecule has 0 radical (unpaired) electrons. The van der Waals surface area contributed by atoms with Gasteiger partial charge in [-0.3, -0.25) is 9.59 Å². The normalized spacial score (nSPS) is 17.4. The molecule has 1 fully saturated rings. The van der Waals surface area contributed by atoms with Crippen LogP contribution in [0.5, 0.6) is 5.75 Å². The van der Waals surface area contributed by atoms with Gasteiger partial charge in [0.25, 0.3) is 0 Å². The van der Waals surface area contributed by atoms with Gasteiger partial charge in [0.15, 0.2) is 0 Å². The highest BCUT2D eigenvalue weighted by Crippen LogP contribution is 2.47. The van der Waals surface area contributed by atoms with E-state index in [0.29, 0.717) is 36.6 Å². The van der Waals surface area contributed by atoms with Gasteiger partial charge in [0, 0.05) is 34.8 Å². The lowest BCUT2D eigenvalue weighted by Crippen LogP contribution is -2.49. The summed E-state index contributed by atoms with van der Waals surface area (Å²) in [5, 5.41) is 3.06. The zero-order valence-corrected chi connectivity index (χ0v) is 16.5. The summed E-state index contributed by atoms with van der Waals surface area (Å²) in [5.74, 6) is -1.15. The molecule has 0 aliphatic carbocycles. The lowest BCUT2D eigenvalue weighted by Gasteiger charge is -2.38. The van der Waals surface area contributed by atoms with Crippen LogP contribution in [0.2, 0.25) is 5.02 Å². The highest BCUT2D eigenvalue weighted by Gasteiger charge is 2.45. The van der Waals surface area contributed by atoms with E-state index >= 15 is 0 Å². The van der Waals surface area contributed by atoms with Crippen molar-refractivity contribution < 1.29 is 27.5 Å². The molecule has 0 aromatic heterocycles. The lowest BCUT2D eigenvalue weighted by atomic mass is 9.74. The third kappa shape index (κ3) is 3.84. The molecule has 2 heterocycles. The van der Waals surface area contributed by atoms with E-state index in [0.717, 1.165) is 17.7 Å². The van der Waals surface area contributed by atoms with Crippen molar-refractivity contribution >= 4 is 29.1 Å². The highest BCUT2D eigenvalue weighted by molar-refractivity contribution is 6.39. The number of amides is 2. The number of piperidine rings is 1. The second-order valence-corrected chi connectivity index (χ2v) is 7.97. The van der Waals surface area contributed by atoms with E-state index in [1.807, 2.05) is 0 Å². The number of fused-ring (bicyclic) bond motifs is 2. The SMILES string of the molecule is O=C(Nc1ccc(Cl)cc1)C(=O)N1CCC2(CC1)COc1cc(C(F)(F)F)ccc12. The monoisotopic (exact) mass is 438 g/mol. The van der Waals surface area contributed by atoms with E-state index in [1.54, 1.807) is 24.3 Å². The van der Waals surface area contributed by atoms with Gasteiger partial charge in [0.2, 0.25) is 0 Å². The number of likely N-dealkylation sites (tertiary alicyclic amines) is 1. The van der Waals surface area contributed by atoms with Crippen molar-refractivity contribution in [1.29, 1.82) is 0 Å². The first-order valence-electron chi connectivity index (χ1n) is 9.38. The van der Waals surface area contributed by atoms with Crippen LogP contribution in [0, 0.1) is 0 Å². The molecular weight excluding hydrogens is 421 g/mol. The molecule has 2 amide bonds. The van der Waals surface area contributed by atoms with Crippen LogP contribution in [0.15, 0.2) is 42.5 Å². The molecular formula is C21H18ClF3N2O3. The highest BCUT2D eigenvalue weighted by atomic mass is 35.5. The third-order valence-electron chi connectivity index (χ3n) is 5.69. The van der Waals surface area contributed by atoms with E-state index in [1.165, 1.54) is 11.0 Å². The van der Waals surface area contributed by atoms with E-state index in [-0.39, 0.29) is 12.4 Å². The predicted molar refractivity (Wildman–Crippen MR) is 105 cm³/mol. The van der Waals surface area contributed by atoms with Crippen LogP contribution in [0.1, 0.15) is 24.0 Å². The molecule has 158 valence electrons. The quantitative estimate of drug-likeness (QED) is 0.677. The number of halogens is 4. The number of nitrogens with zero attached hydrogens (tertiary/aromatic N) is 1. The molecule has 0 bridgehead atoms. The number of nitrogens with one attached hydrogen (secondary N) is 1. The summed E-state index contributed by atoms with van der Waals surface area (Å²) in [7, 11) is 0. The van der Waals surface area contributed by atoms with E-state index in [9.17, 15) is 22.8 Å². The average molecular weight is 439 g/mol. The number of rotatable bonds is 1. The topological polar surface area (TPSA) is 58.6 Å². The molecule has 2 aromatic carbocycles. The Labute approximate surface area is 175 Å². The smallest absolute Gasteiger partial charge is 0.416 e. The molecule has 5 nitrogen and oxygen atoms in total. The summed E-state index contributed by atoms with van der Waals surface area (Å²) in [4.78, 5) is 26.2. The number of carbonyl (C=O) groups excluding carboxylic acids is 2. The standard InChI is InChI=1S/C21H18ClF3N2O3/c22-14-2-4-15(5-3-14)26-18(28)19(29)27-9-7-20(8-10-27)12-30-17-11-13(21(23,24)25)1-6-16(17)20/h1-6,11H,7-10,12H2,(H,26,28). The van der Waals surface area contributed by atoms with Crippen molar-refractivity contribution in [2.75, 3.05) is 25.0 Å². The molecule has 1 N–H and O–H groups in total. The van der Waals surface area contributed by atoms with Crippen LogP contribution in [-0.4, -0.2) is 36.4 Å². The van der Waals surface area contributed by atoms with Gasteiger partial charge < -0.3 is 15.0 Å². The average Bonchev–Trinajstić information content (AvgIpc) is 3.07. The molecule has 30 heavy (non-hydrogen) atoms. The Bertz CT molecular complexity index is 984. The number of hydrogen-bond acceptors (Lipinski definition) is 3. The zero-order chi connectivity index (χ0) is 21.5. The summed E-state index contributed by atoms with van der Waals surface area (Å²) in [5.41, 5.74) is 0.00548. The zero-order valence-electron chi connectivity index (χ0n) is 15.8. The minimum absolute atomic E-state index is 0.241. The molecule has 0 saturated carbocycles. The Hall–Kier alpha value is -2.74. The van der Waals surface area contributed by atoms with Crippen molar-refractivity contribution in [3.05, 3.63) is 58.6 Å². The van der Waals surface area contributed by atoms with Gasteiger partial charge >= 0.3 is 18.0 Å². The van der Waals surface area contributed by atoms with Crippen LogP contribution in [0.3, 0.4) is 0 Å². The minimum atomic E-state index is -4.43. The summed E-state index contributed by atoms with van der Waals surface area (Å²) >= 11 is 5.80. The molecule has 4 rings (SSSR count). The minimum Gasteiger partial charge on any atom is -0.492 e. The van der Waals surface area contributed by atoms with Crippen molar-refractivity contribution in [3.63, 3.8) is 0 Å². The number of ether oxygens (including phenoxy) is 1. The van der Waals surface area contributed by atoms with Crippen molar-refractivity contribution in [2.24, 2.45) is 0 Å². The molecule has 0 unspecified atom stereocenters. The number of anilines is 1. The summed E-state index contributed by atoms with van der Waals surface area (Å²) < 4.78 is 44.4. The van der Waals surface area contributed by atoms with Crippen LogP contribution >= 0.6 is 11.6 Å². The first-order valence-corrected chi connectivity index (χ1v) is 9.76. The van der Waals surface area contributed by atoms with Gasteiger partial charge in [-0.2, -0.15) is 13.2 Å². The Morgan fingerprint density at radius 1 is 1.07 bits per heavy atom. The van der Waals surface area contributed by atoms with E-state index in [2.05, 4.69) is 5.32 Å². The van der Waals surface area contributed by atoms with Gasteiger partial charge in [-0.1, -0.05) is 17.7 Å². The maximum Gasteiger partial charge on any atom is 0.416 e. The molecule has 2 aliphatic rings. The van der Waals surface area contributed by atoms with Crippen LogP contribution in [0.25, 0.3) is 0 Å². The molecule has 2 aromatic rings. The second kappa shape index (κ2) is 7.50.